The smallest absolute Gasteiger partial charge is 0.327 e. The van der Waals surface area contributed by atoms with Crippen molar-refractivity contribution in [2.75, 3.05) is 0 Å². The lowest BCUT2D eigenvalue weighted by Crippen LogP contribution is -2.13. The summed E-state index contributed by atoms with van der Waals surface area (Å²) >= 11 is 5.96. The van der Waals surface area contributed by atoms with Gasteiger partial charge in [-0.1, -0.05) is 23.7 Å². The molecule has 16 heavy (non-hydrogen) atoms. The van der Waals surface area contributed by atoms with E-state index < -0.39 is 0 Å². The Morgan fingerprint density at radius 2 is 2.00 bits per heavy atom. The Labute approximate surface area is 97.7 Å². The molecule has 1 heterocycles. The predicted octanol–water partition coefficient (Wildman–Crippen LogP) is 2.48. The molecule has 3 aromatic rings. The van der Waals surface area contributed by atoms with E-state index >= 15 is 0 Å². The zero-order valence-electron chi connectivity index (χ0n) is 8.27. The number of halogens is 1. The summed E-state index contributed by atoms with van der Waals surface area (Å²) in [7, 11) is 1.08. The first-order valence-electron chi connectivity index (χ1n) is 4.88. The van der Waals surface area contributed by atoms with Crippen molar-refractivity contribution in [2.45, 2.75) is 0 Å². The fourth-order valence-corrected chi connectivity index (χ4v) is 2.11. The number of hydrogen-bond donors (Lipinski definition) is 1. The summed E-state index contributed by atoms with van der Waals surface area (Å²) in [6.07, 6.45) is 0. The van der Waals surface area contributed by atoms with Crippen molar-refractivity contribution in [1.29, 1.82) is 0 Å². The molecule has 0 fully saturated rings. The van der Waals surface area contributed by atoms with Crippen molar-refractivity contribution < 1.29 is 9.44 Å². The molecule has 3 rings (SSSR count). The third-order valence-corrected chi connectivity index (χ3v) is 2.86. The van der Waals surface area contributed by atoms with Gasteiger partial charge < -0.3 is 9.44 Å². The van der Waals surface area contributed by atoms with Crippen LogP contribution in [0.15, 0.2) is 40.8 Å². The van der Waals surface area contributed by atoms with E-state index in [1.807, 2.05) is 30.3 Å². The molecule has 0 saturated heterocycles. The number of furan rings is 1. The van der Waals surface area contributed by atoms with E-state index in [1.165, 1.54) is 0 Å². The van der Waals surface area contributed by atoms with Gasteiger partial charge in [0, 0.05) is 15.8 Å². The lowest BCUT2D eigenvalue weighted by molar-refractivity contribution is 0.615. The van der Waals surface area contributed by atoms with Crippen molar-refractivity contribution in [3.8, 4) is 0 Å². The van der Waals surface area contributed by atoms with E-state index in [2.05, 4.69) is 0 Å². The van der Waals surface area contributed by atoms with Gasteiger partial charge in [0.05, 0.1) is 0 Å². The molecule has 2 aromatic carbocycles. The van der Waals surface area contributed by atoms with Gasteiger partial charge in [0.1, 0.15) is 11.2 Å². The fraction of sp³-hybridized carbons (Fsp3) is 0. The molecule has 0 saturated carbocycles. The Morgan fingerprint density at radius 3 is 2.81 bits per heavy atom. The summed E-state index contributed by atoms with van der Waals surface area (Å²) in [6, 6.07) is 11.0. The van der Waals surface area contributed by atoms with Crippen LogP contribution in [-0.2, 0) is 0 Å². The number of rotatable bonds is 1. The third kappa shape index (κ3) is 1.33. The lowest BCUT2D eigenvalue weighted by atomic mass is 9.85. The van der Waals surface area contributed by atoms with Crippen LogP contribution in [0.25, 0.3) is 21.9 Å². The molecular weight excluding hydrogens is 222 g/mol. The van der Waals surface area contributed by atoms with Crippen LogP contribution in [0.4, 0.5) is 0 Å². The van der Waals surface area contributed by atoms with Crippen molar-refractivity contribution in [1.82, 2.24) is 0 Å². The molecule has 2 nitrogen and oxygen atoms in total. The van der Waals surface area contributed by atoms with Crippen LogP contribution in [0.5, 0.6) is 0 Å². The Balaban J connectivity index is 2.54. The molecule has 0 unspecified atom stereocenters. The highest BCUT2D eigenvalue weighted by Crippen LogP contribution is 2.29. The maximum Gasteiger partial charge on any atom is 0.327 e. The second-order valence-electron chi connectivity index (χ2n) is 3.59. The average molecular weight is 229 g/mol. The van der Waals surface area contributed by atoms with Gasteiger partial charge in [0.25, 0.3) is 0 Å². The van der Waals surface area contributed by atoms with E-state index in [4.69, 9.17) is 16.0 Å². The van der Waals surface area contributed by atoms with Gasteiger partial charge in [-0.3, -0.25) is 0 Å². The van der Waals surface area contributed by atoms with Crippen LogP contribution in [0.3, 0.4) is 0 Å². The highest BCUT2D eigenvalue weighted by Gasteiger charge is 2.11. The second-order valence-corrected chi connectivity index (χ2v) is 4.03. The first-order valence-corrected chi connectivity index (χ1v) is 5.25. The Morgan fingerprint density at radius 1 is 1.12 bits per heavy atom. The van der Waals surface area contributed by atoms with Crippen LogP contribution in [0.1, 0.15) is 0 Å². The summed E-state index contributed by atoms with van der Waals surface area (Å²) in [5.41, 5.74) is 2.26. The SMILES string of the molecule is O[B]c1cccc2oc3ccc(Cl)cc3c12. The van der Waals surface area contributed by atoms with Crippen LogP contribution in [-0.4, -0.2) is 12.5 Å². The molecule has 0 spiro atoms. The first-order chi connectivity index (χ1) is 7.79. The second kappa shape index (κ2) is 3.54. The molecule has 0 amide bonds. The molecule has 0 atom stereocenters. The Kier molecular flexibility index (Phi) is 2.16. The topological polar surface area (TPSA) is 33.4 Å². The summed E-state index contributed by atoms with van der Waals surface area (Å²) in [5, 5.41) is 11.6. The third-order valence-electron chi connectivity index (χ3n) is 2.63. The van der Waals surface area contributed by atoms with E-state index in [0.717, 1.165) is 34.9 Å². The molecule has 77 valence electrons. The molecular formula is C12H7BClO2. The van der Waals surface area contributed by atoms with Gasteiger partial charge in [-0.2, -0.15) is 0 Å². The standard InChI is InChI=1S/C12H7BClO2/c14-7-4-5-10-8(6-7)12-9(13-15)2-1-3-11(12)16-10/h1-6,15H. The first kappa shape index (κ1) is 9.76. The number of hydrogen-bond acceptors (Lipinski definition) is 2. The largest absolute Gasteiger partial charge is 0.456 e. The summed E-state index contributed by atoms with van der Waals surface area (Å²) < 4.78 is 5.66. The maximum absolute atomic E-state index is 9.18. The minimum absolute atomic E-state index is 0.656. The molecule has 0 bridgehead atoms. The molecule has 1 aromatic heterocycles. The van der Waals surface area contributed by atoms with E-state index in [-0.39, 0.29) is 0 Å². The van der Waals surface area contributed by atoms with E-state index in [0.29, 0.717) is 5.02 Å². The molecule has 0 aliphatic carbocycles. The normalized spacial score (nSPS) is 11.1. The van der Waals surface area contributed by atoms with Crippen molar-refractivity contribution in [3.63, 3.8) is 0 Å². The molecule has 0 aliphatic rings. The molecule has 1 N–H and O–H groups in total. The van der Waals surface area contributed by atoms with Crippen LogP contribution < -0.4 is 5.46 Å². The molecule has 0 aliphatic heterocycles. The van der Waals surface area contributed by atoms with Crippen LogP contribution >= 0.6 is 11.6 Å². The fourth-order valence-electron chi connectivity index (χ4n) is 1.93. The van der Waals surface area contributed by atoms with Gasteiger partial charge >= 0.3 is 7.48 Å². The highest BCUT2D eigenvalue weighted by atomic mass is 35.5. The summed E-state index contributed by atoms with van der Waals surface area (Å²) in [4.78, 5) is 0. The molecule has 4 heteroatoms. The monoisotopic (exact) mass is 229 g/mol. The van der Waals surface area contributed by atoms with Gasteiger partial charge in [-0.25, -0.2) is 0 Å². The van der Waals surface area contributed by atoms with Crippen LogP contribution in [0, 0.1) is 0 Å². The summed E-state index contributed by atoms with van der Waals surface area (Å²) in [5.74, 6) is 0. The minimum Gasteiger partial charge on any atom is -0.456 e. The maximum atomic E-state index is 9.18. The van der Waals surface area contributed by atoms with Crippen molar-refractivity contribution in [2.24, 2.45) is 0 Å². The zero-order valence-corrected chi connectivity index (χ0v) is 9.03. The minimum atomic E-state index is 0.656. The number of fused-ring (bicyclic) bond motifs is 3. The van der Waals surface area contributed by atoms with E-state index in [9.17, 15) is 5.02 Å². The number of benzene rings is 2. The molecule has 1 radical (unpaired) electrons. The zero-order chi connectivity index (χ0) is 11.1. The lowest BCUT2D eigenvalue weighted by Gasteiger charge is -1.96. The Bertz CT molecular complexity index is 675. The van der Waals surface area contributed by atoms with E-state index in [1.54, 1.807) is 6.07 Å². The van der Waals surface area contributed by atoms with Crippen molar-refractivity contribution in [3.05, 3.63) is 41.4 Å². The van der Waals surface area contributed by atoms with Gasteiger partial charge in [-0.15, -0.1) is 0 Å². The predicted molar refractivity (Wildman–Crippen MR) is 66.3 cm³/mol. The Hall–Kier alpha value is -1.45. The van der Waals surface area contributed by atoms with Gasteiger partial charge in [0.2, 0.25) is 0 Å². The van der Waals surface area contributed by atoms with Crippen molar-refractivity contribution >= 4 is 46.5 Å². The van der Waals surface area contributed by atoms with Gasteiger partial charge in [0.15, 0.2) is 0 Å². The average Bonchev–Trinajstić information content (AvgIpc) is 2.66. The van der Waals surface area contributed by atoms with Crippen LogP contribution in [0.2, 0.25) is 5.02 Å². The quantitative estimate of drug-likeness (QED) is 0.650. The van der Waals surface area contributed by atoms with Gasteiger partial charge in [-0.05, 0) is 29.7 Å². The highest BCUT2D eigenvalue weighted by molar-refractivity contribution is 6.51. The summed E-state index contributed by atoms with van der Waals surface area (Å²) in [6.45, 7) is 0.